The number of hydrogen-bond donors (Lipinski definition) is 1. The lowest BCUT2D eigenvalue weighted by molar-refractivity contribution is -0.134. The van der Waals surface area contributed by atoms with Crippen LogP contribution in [0.15, 0.2) is 78.4 Å². The first-order chi connectivity index (χ1) is 20.9. The number of halogens is 1. The van der Waals surface area contributed by atoms with E-state index in [-0.39, 0.29) is 11.8 Å². The third-order valence-electron chi connectivity index (χ3n) is 8.08. The summed E-state index contributed by atoms with van der Waals surface area (Å²) in [6.07, 6.45) is 14.6. The van der Waals surface area contributed by atoms with E-state index in [1.54, 1.807) is 6.08 Å². The molecule has 1 aromatic heterocycles. The molecule has 0 radical (unpaired) electrons. The van der Waals surface area contributed by atoms with Gasteiger partial charge >= 0.3 is 0 Å². The molecule has 0 spiro atoms. The zero-order valence-electron chi connectivity index (χ0n) is 25.2. The number of carbonyl (C=O) groups is 2. The van der Waals surface area contributed by atoms with E-state index in [1.807, 2.05) is 73.7 Å². The summed E-state index contributed by atoms with van der Waals surface area (Å²) in [7, 11) is 0. The van der Waals surface area contributed by atoms with Gasteiger partial charge in [0.2, 0.25) is 5.91 Å². The van der Waals surface area contributed by atoms with Gasteiger partial charge in [-0.1, -0.05) is 136 Å². The fourth-order valence-electron chi connectivity index (χ4n) is 5.61. The van der Waals surface area contributed by atoms with Crippen LogP contribution >= 0.6 is 11.6 Å². The molecular formula is C37H40ClN3O2. The molecule has 43 heavy (non-hydrogen) atoms. The molecule has 5 nitrogen and oxygen atoms in total. The van der Waals surface area contributed by atoms with Crippen LogP contribution in [0.5, 0.6) is 0 Å². The Balaban J connectivity index is 1.32. The third kappa shape index (κ3) is 7.52. The van der Waals surface area contributed by atoms with Crippen LogP contribution in [0.25, 0.3) is 33.4 Å². The van der Waals surface area contributed by atoms with Crippen LogP contribution in [-0.2, 0) is 9.59 Å². The van der Waals surface area contributed by atoms with E-state index < -0.39 is 0 Å². The molecule has 2 heterocycles. The van der Waals surface area contributed by atoms with Gasteiger partial charge in [-0.25, -0.2) is 9.99 Å². The number of aryl methyl sites for hydroxylation is 1. The Hall–Kier alpha value is -3.96. The Morgan fingerprint density at radius 2 is 1.56 bits per heavy atom. The van der Waals surface area contributed by atoms with Gasteiger partial charge < -0.3 is 0 Å². The largest absolute Gasteiger partial charge is 0.277 e. The highest BCUT2D eigenvalue weighted by atomic mass is 35.5. The number of unbranched alkanes of at least 4 members (excludes halogenated alkanes) is 8. The van der Waals surface area contributed by atoms with E-state index in [0.29, 0.717) is 28.4 Å². The molecule has 0 unspecified atom stereocenters. The van der Waals surface area contributed by atoms with Gasteiger partial charge in [0.1, 0.15) is 5.15 Å². The van der Waals surface area contributed by atoms with Crippen LogP contribution in [0, 0.1) is 6.92 Å². The van der Waals surface area contributed by atoms with Crippen molar-refractivity contribution >= 4 is 56.9 Å². The molecule has 0 aliphatic carbocycles. The Morgan fingerprint density at radius 3 is 2.30 bits per heavy atom. The molecular weight excluding hydrogens is 554 g/mol. The quantitative estimate of drug-likeness (QED) is 0.0726. The molecule has 3 aromatic carbocycles. The molecule has 222 valence electrons. The molecule has 1 N–H and O–H groups in total. The van der Waals surface area contributed by atoms with Crippen LogP contribution in [0.1, 0.15) is 87.8 Å². The third-order valence-corrected chi connectivity index (χ3v) is 8.38. The van der Waals surface area contributed by atoms with Gasteiger partial charge in [0.25, 0.3) is 5.91 Å². The van der Waals surface area contributed by atoms with Crippen molar-refractivity contribution in [2.45, 2.75) is 78.1 Å². The SMILES string of the molecule is CCCCCCCCCCCC(=O)NN1C(=O)C(=Cc2cc3ccc4ccccc4c3nc2Cl)C=C1c1ccc(C)cc1. The highest BCUT2D eigenvalue weighted by Gasteiger charge is 2.31. The Morgan fingerprint density at radius 1 is 0.884 bits per heavy atom. The zero-order chi connectivity index (χ0) is 30.2. The van der Waals surface area contributed by atoms with Gasteiger partial charge in [-0.15, -0.1) is 0 Å². The molecule has 1 aliphatic rings. The zero-order valence-corrected chi connectivity index (χ0v) is 25.9. The molecule has 0 fully saturated rings. The highest BCUT2D eigenvalue weighted by molar-refractivity contribution is 6.32. The molecule has 0 saturated heterocycles. The number of amides is 2. The van der Waals surface area contributed by atoms with Crippen molar-refractivity contribution in [1.29, 1.82) is 0 Å². The maximum atomic E-state index is 13.7. The molecule has 4 aromatic rings. The summed E-state index contributed by atoms with van der Waals surface area (Å²) in [5.41, 5.74) is 7.39. The van der Waals surface area contributed by atoms with Gasteiger partial charge in [0, 0.05) is 33.9 Å². The summed E-state index contributed by atoms with van der Waals surface area (Å²) in [5, 5.41) is 4.76. The Kier molecular flexibility index (Phi) is 10.3. The van der Waals surface area contributed by atoms with Gasteiger partial charge in [-0.3, -0.25) is 15.0 Å². The number of carbonyl (C=O) groups excluding carboxylic acids is 2. The molecule has 0 bridgehead atoms. The second kappa shape index (κ2) is 14.5. The number of benzene rings is 3. The first-order valence-electron chi connectivity index (χ1n) is 15.6. The topological polar surface area (TPSA) is 62.3 Å². The van der Waals surface area contributed by atoms with Crippen molar-refractivity contribution in [3.8, 4) is 0 Å². The van der Waals surface area contributed by atoms with E-state index in [2.05, 4.69) is 18.4 Å². The van der Waals surface area contributed by atoms with Gasteiger partial charge in [-0.2, -0.15) is 0 Å². The first kappa shape index (κ1) is 30.5. The van der Waals surface area contributed by atoms with Crippen molar-refractivity contribution in [2.24, 2.45) is 0 Å². The van der Waals surface area contributed by atoms with E-state index >= 15 is 0 Å². The predicted molar refractivity (Wildman–Crippen MR) is 178 cm³/mol. The van der Waals surface area contributed by atoms with E-state index in [4.69, 9.17) is 16.6 Å². The van der Waals surface area contributed by atoms with Crippen LogP contribution in [-0.4, -0.2) is 21.8 Å². The summed E-state index contributed by atoms with van der Waals surface area (Å²) < 4.78 is 0. The number of aromatic nitrogens is 1. The number of fused-ring (bicyclic) bond motifs is 3. The van der Waals surface area contributed by atoms with E-state index in [1.165, 1.54) is 43.5 Å². The first-order valence-corrected chi connectivity index (χ1v) is 15.9. The summed E-state index contributed by atoms with van der Waals surface area (Å²) in [6, 6.07) is 22.0. The average molecular weight is 594 g/mol. The average Bonchev–Trinajstić information content (AvgIpc) is 3.31. The smallest absolute Gasteiger partial charge is 0.273 e. The van der Waals surface area contributed by atoms with Crippen LogP contribution in [0.4, 0.5) is 0 Å². The second-order valence-corrected chi connectivity index (χ2v) is 11.8. The molecule has 5 rings (SSSR count). The highest BCUT2D eigenvalue weighted by Crippen LogP contribution is 2.33. The Labute approximate surface area is 259 Å². The van der Waals surface area contributed by atoms with Crippen molar-refractivity contribution in [2.75, 3.05) is 0 Å². The maximum absolute atomic E-state index is 13.7. The van der Waals surface area contributed by atoms with Crippen LogP contribution in [0.2, 0.25) is 5.15 Å². The van der Waals surface area contributed by atoms with Gasteiger partial charge in [0.15, 0.2) is 0 Å². The molecule has 6 heteroatoms. The normalized spacial score (nSPS) is 14.2. The second-order valence-electron chi connectivity index (χ2n) is 11.5. The van der Waals surface area contributed by atoms with Gasteiger partial charge in [-0.05, 0) is 36.9 Å². The number of hydrogen-bond acceptors (Lipinski definition) is 3. The molecule has 0 saturated carbocycles. The number of pyridine rings is 1. The van der Waals surface area contributed by atoms with Gasteiger partial charge in [0.05, 0.1) is 11.2 Å². The summed E-state index contributed by atoms with van der Waals surface area (Å²) in [4.78, 5) is 31.4. The molecule has 1 aliphatic heterocycles. The summed E-state index contributed by atoms with van der Waals surface area (Å²) >= 11 is 6.68. The molecule has 2 amide bonds. The number of nitrogens with one attached hydrogen (secondary N) is 1. The summed E-state index contributed by atoms with van der Waals surface area (Å²) in [5.74, 6) is -0.460. The Bertz CT molecular complexity index is 1670. The minimum atomic E-state index is -0.300. The minimum absolute atomic E-state index is 0.159. The van der Waals surface area contributed by atoms with Crippen molar-refractivity contribution in [3.05, 3.63) is 100 Å². The predicted octanol–water partition coefficient (Wildman–Crippen LogP) is 9.57. The number of hydrazine groups is 1. The lowest BCUT2D eigenvalue weighted by Gasteiger charge is -2.21. The van der Waals surface area contributed by atoms with E-state index in [0.717, 1.165) is 52.1 Å². The van der Waals surface area contributed by atoms with Crippen LogP contribution < -0.4 is 5.43 Å². The van der Waals surface area contributed by atoms with Crippen molar-refractivity contribution in [3.63, 3.8) is 0 Å². The monoisotopic (exact) mass is 593 g/mol. The van der Waals surface area contributed by atoms with E-state index in [9.17, 15) is 9.59 Å². The minimum Gasteiger partial charge on any atom is -0.273 e. The van der Waals surface area contributed by atoms with Crippen LogP contribution in [0.3, 0.4) is 0 Å². The fourth-order valence-corrected chi connectivity index (χ4v) is 5.81. The molecule has 0 atom stereocenters. The lowest BCUT2D eigenvalue weighted by Crippen LogP contribution is -2.42. The number of nitrogens with zero attached hydrogens (tertiary/aromatic N) is 2. The standard InChI is InChI=1S/C37H40ClN3O2/c1-3-4-5-6-7-8-9-10-11-16-34(42)40-41-33(28-19-17-26(2)18-20-28)25-31(37(41)43)24-30-23-29-22-21-27-14-12-13-15-32(27)35(29)39-36(30)38/h12-15,17-25H,3-11,16H2,1-2H3,(H,40,42). The maximum Gasteiger partial charge on any atom is 0.277 e. The fraction of sp³-hybridized carbons (Fsp3) is 0.324. The number of rotatable bonds is 13. The van der Waals surface area contributed by atoms with Crippen molar-refractivity contribution < 1.29 is 9.59 Å². The summed E-state index contributed by atoms with van der Waals surface area (Å²) in [6.45, 7) is 4.25. The lowest BCUT2D eigenvalue weighted by atomic mass is 10.0. The van der Waals surface area contributed by atoms with Crippen molar-refractivity contribution in [1.82, 2.24) is 15.4 Å².